The maximum Gasteiger partial charge on any atom is 0.326 e. The molecule has 0 fully saturated rings. The second-order valence-electron chi connectivity index (χ2n) is 6.63. The summed E-state index contributed by atoms with van der Waals surface area (Å²) < 4.78 is 1.46. The van der Waals surface area contributed by atoms with Crippen LogP contribution in [0.25, 0.3) is 10.2 Å². The minimum atomic E-state index is -1.04. The zero-order valence-corrected chi connectivity index (χ0v) is 15.6. The van der Waals surface area contributed by atoms with Crippen molar-refractivity contribution in [2.75, 3.05) is 0 Å². The molecule has 2 heterocycles. The maximum absolute atomic E-state index is 12.8. The molecule has 0 spiro atoms. The third-order valence-corrected chi connectivity index (χ3v) is 5.93. The molecule has 1 atom stereocenters. The van der Waals surface area contributed by atoms with E-state index in [0.29, 0.717) is 18.2 Å². The average Bonchev–Trinajstić information content (AvgIpc) is 3.00. The van der Waals surface area contributed by atoms with Gasteiger partial charge in [0.2, 0.25) is 5.91 Å². The van der Waals surface area contributed by atoms with Crippen LogP contribution in [0, 0.1) is 0 Å². The van der Waals surface area contributed by atoms with Gasteiger partial charge in [-0.05, 0) is 37.7 Å². The minimum Gasteiger partial charge on any atom is -0.480 e. The van der Waals surface area contributed by atoms with Crippen molar-refractivity contribution in [2.45, 2.75) is 64.5 Å². The van der Waals surface area contributed by atoms with Gasteiger partial charge in [-0.2, -0.15) is 0 Å². The van der Waals surface area contributed by atoms with Crippen LogP contribution in [0.5, 0.6) is 0 Å². The highest BCUT2D eigenvalue weighted by Crippen LogP contribution is 2.33. The summed E-state index contributed by atoms with van der Waals surface area (Å²) in [6.07, 6.45) is 6.74. The number of amides is 1. The van der Waals surface area contributed by atoms with Gasteiger partial charge < -0.3 is 10.4 Å². The summed E-state index contributed by atoms with van der Waals surface area (Å²) in [5.41, 5.74) is 1.02. The first kappa shape index (κ1) is 18.6. The summed E-state index contributed by atoms with van der Waals surface area (Å²) in [4.78, 5) is 42.4. The van der Waals surface area contributed by atoms with Gasteiger partial charge in [0.25, 0.3) is 5.56 Å². The zero-order chi connectivity index (χ0) is 18.7. The lowest BCUT2D eigenvalue weighted by Gasteiger charge is -2.14. The Kier molecular flexibility index (Phi) is 5.70. The summed E-state index contributed by atoms with van der Waals surface area (Å²) in [6, 6.07) is -0.881. The molecule has 26 heavy (non-hydrogen) atoms. The Morgan fingerprint density at radius 1 is 1.38 bits per heavy atom. The molecule has 3 rings (SSSR count). The number of carboxylic acid groups (broad SMARTS) is 1. The van der Waals surface area contributed by atoms with Gasteiger partial charge in [0.05, 0.1) is 11.7 Å². The van der Waals surface area contributed by atoms with E-state index in [1.807, 2.05) is 6.92 Å². The topological polar surface area (TPSA) is 101 Å². The van der Waals surface area contributed by atoms with Crippen LogP contribution < -0.4 is 10.9 Å². The van der Waals surface area contributed by atoms with Crippen molar-refractivity contribution >= 4 is 33.4 Å². The second kappa shape index (κ2) is 7.99. The van der Waals surface area contributed by atoms with E-state index in [1.165, 1.54) is 15.8 Å². The Bertz CT molecular complexity index is 886. The lowest BCUT2D eigenvalue weighted by Crippen LogP contribution is -2.41. The van der Waals surface area contributed by atoms with E-state index in [2.05, 4.69) is 10.3 Å². The lowest BCUT2D eigenvalue weighted by molar-refractivity contribution is -0.142. The minimum absolute atomic E-state index is 0.0485. The van der Waals surface area contributed by atoms with Crippen LogP contribution in [0.15, 0.2) is 11.1 Å². The van der Waals surface area contributed by atoms with Crippen LogP contribution in [0.1, 0.15) is 49.5 Å². The number of aromatic nitrogens is 2. The monoisotopic (exact) mass is 377 g/mol. The maximum atomic E-state index is 12.8. The van der Waals surface area contributed by atoms with Crippen LogP contribution >= 0.6 is 11.3 Å². The van der Waals surface area contributed by atoms with Gasteiger partial charge >= 0.3 is 5.97 Å². The first-order chi connectivity index (χ1) is 12.5. The molecule has 1 aliphatic carbocycles. The largest absolute Gasteiger partial charge is 0.480 e. The molecule has 0 saturated carbocycles. The summed E-state index contributed by atoms with van der Waals surface area (Å²) in [6.45, 7) is 2.06. The molecule has 7 nitrogen and oxygen atoms in total. The molecule has 0 aromatic carbocycles. The SMILES string of the molecule is CCCC(NC(=O)CCn1cnc2sc3c(c2c1=O)CCCC3)C(=O)O. The van der Waals surface area contributed by atoms with E-state index in [4.69, 9.17) is 5.11 Å². The smallest absolute Gasteiger partial charge is 0.326 e. The van der Waals surface area contributed by atoms with Crippen molar-refractivity contribution in [3.05, 3.63) is 27.1 Å². The Morgan fingerprint density at radius 3 is 2.88 bits per heavy atom. The molecular weight excluding hydrogens is 354 g/mol. The fourth-order valence-electron chi connectivity index (χ4n) is 3.37. The zero-order valence-electron chi connectivity index (χ0n) is 14.8. The average molecular weight is 377 g/mol. The molecule has 2 aromatic heterocycles. The third kappa shape index (κ3) is 3.80. The Hall–Kier alpha value is -2.22. The number of thiophene rings is 1. The number of hydrogen-bond donors (Lipinski definition) is 2. The predicted molar refractivity (Wildman–Crippen MR) is 99.6 cm³/mol. The molecular formula is C18H23N3O4S. The van der Waals surface area contributed by atoms with Gasteiger partial charge in [-0.1, -0.05) is 13.3 Å². The van der Waals surface area contributed by atoms with Crippen molar-refractivity contribution in [3.63, 3.8) is 0 Å². The number of nitrogens with one attached hydrogen (secondary N) is 1. The molecule has 8 heteroatoms. The number of carbonyl (C=O) groups excluding carboxylic acids is 1. The molecule has 0 radical (unpaired) electrons. The third-order valence-electron chi connectivity index (χ3n) is 4.73. The number of carbonyl (C=O) groups is 2. The number of rotatable bonds is 7. The van der Waals surface area contributed by atoms with Crippen molar-refractivity contribution in [1.82, 2.24) is 14.9 Å². The fourth-order valence-corrected chi connectivity index (χ4v) is 4.59. The molecule has 140 valence electrons. The predicted octanol–water partition coefficient (Wildman–Crippen LogP) is 2.10. The van der Waals surface area contributed by atoms with Gasteiger partial charge in [-0.3, -0.25) is 14.2 Å². The van der Waals surface area contributed by atoms with Crippen LogP contribution in [0.2, 0.25) is 0 Å². The normalized spacial score (nSPS) is 14.8. The molecule has 0 aliphatic heterocycles. The summed E-state index contributed by atoms with van der Waals surface area (Å²) in [5.74, 6) is -1.41. The van der Waals surface area contributed by atoms with Gasteiger partial charge in [0.1, 0.15) is 10.9 Å². The molecule has 0 bridgehead atoms. The molecule has 2 aromatic rings. The highest BCUT2D eigenvalue weighted by atomic mass is 32.1. The number of aryl methyl sites for hydroxylation is 3. The van der Waals surface area contributed by atoms with E-state index in [0.717, 1.165) is 36.1 Å². The van der Waals surface area contributed by atoms with Crippen LogP contribution in [0.4, 0.5) is 0 Å². The van der Waals surface area contributed by atoms with Crippen molar-refractivity contribution in [2.24, 2.45) is 0 Å². The lowest BCUT2D eigenvalue weighted by atomic mass is 9.97. The van der Waals surface area contributed by atoms with E-state index in [1.54, 1.807) is 11.3 Å². The van der Waals surface area contributed by atoms with Crippen molar-refractivity contribution in [1.29, 1.82) is 0 Å². The molecule has 1 amide bonds. The number of nitrogens with zero attached hydrogens (tertiary/aromatic N) is 2. The highest BCUT2D eigenvalue weighted by Gasteiger charge is 2.21. The number of carboxylic acids is 1. The molecule has 0 saturated heterocycles. The summed E-state index contributed by atoms with van der Waals surface area (Å²) >= 11 is 1.60. The first-order valence-corrected chi connectivity index (χ1v) is 9.84. The molecule has 2 N–H and O–H groups in total. The summed E-state index contributed by atoms with van der Waals surface area (Å²) in [5, 5.41) is 12.3. The number of fused-ring (bicyclic) bond motifs is 3. The standard InChI is InChI=1S/C18H23N3O4S/c1-2-5-12(18(24)25)20-14(22)8-9-21-10-19-16-15(17(21)23)11-6-3-4-7-13(11)26-16/h10,12H,2-9H2,1H3,(H,20,22)(H,24,25). The Morgan fingerprint density at radius 2 is 2.15 bits per heavy atom. The Labute approximate surface area is 155 Å². The second-order valence-corrected chi connectivity index (χ2v) is 7.71. The number of aliphatic carboxylic acids is 1. The van der Waals surface area contributed by atoms with Gasteiger partial charge in [0, 0.05) is 17.8 Å². The fraction of sp³-hybridized carbons (Fsp3) is 0.556. The van der Waals surface area contributed by atoms with Crippen LogP contribution in [-0.2, 0) is 29.0 Å². The van der Waals surface area contributed by atoms with Crippen LogP contribution in [0.3, 0.4) is 0 Å². The van der Waals surface area contributed by atoms with Gasteiger partial charge in [-0.15, -0.1) is 11.3 Å². The van der Waals surface area contributed by atoms with Gasteiger partial charge in [0.15, 0.2) is 0 Å². The first-order valence-electron chi connectivity index (χ1n) is 9.03. The van der Waals surface area contributed by atoms with Gasteiger partial charge in [-0.25, -0.2) is 9.78 Å². The summed E-state index contributed by atoms with van der Waals surface area (Å²) in [7, 11) is 0. The Balaban J connectivity index is 1.73. The van der Waals surface area contributed by atoms with E-state index in [9.17, 15) is 14.4 Å². The van der Waals surface area contributed by atoms with E-state index >= 15 is 0 Å². The van der Waals surface area contributed by atoms with Crippen molar-refractivity contribution < 1.29 is 14.7 Å². The van der Waals surface area contributed by atoms with E-state index < -0.39 is 12.0 Å². The van der Waals surface area contributed by atoms with E-state index in [-0.39, 0.29) is 24.4 Å². The molecule has 1 aliphatic rings. The highest BCUT2D eigenvalue weighted by molar-refractivity contribution is 7.18. The molecule has 1 unspecified atom stereocenters. The quantitative estimate of drug-likeness (QED) is 0.769. The number of hydrogen-bond acceptors (Lipinski definition) is 5. The van der Waals surface area contributed by atoms with Crippen molar-refractivity contribution in [3.8, 4) is 0 Å². The van der Waals surface area contributed by atoms with Crippen LogP contribution in [-0.4, -0.2) is 32.6 Å².